The molecule has 0 spiro atoms. The van der Waals surface area contributed by atoms with Crippen LogP contribution in [0, 0.1) is 0 Å². The highest BCUT2D eigenvalue weighted by molar-refractivity contribution is 5.82. The first-order chi connectivity index (χ1) is 6.63. The van der Waals surface area contributed by atoms with Gasteiger partial charge in [0.25, 0.3) is 0 Å². The molecule has 0 fully saturated rings. The van der Waals surface area contributed by atoms with Crippen molar-refractivity contribution in [2.45, 2.75) is 24.9 Å². The number of ether oxygens (including phenoxy) is 1. The van der Waals surface area contributed by atoms with E-state index in [9.17, 15) is 9.59 Å². The van der Waals surface area contributed by atoms with Crippen LogP contribution in [0.3, 0.4) is 0 Å². The Labute approximate surface area is 87.0 Å². The molecule has 15 heavy (non-hydrogen) atoms. The molecule has 2 atom stereocenters. The SMILES string of the molecule is C[C@](N)(COC(=O)[C@@](C)(N)CO)C(=O)O. The molecule has 0 aromatic rings. The third-order valence-electron chi connectivity index (χ3n) is 1.79. The van der Waals surface area contributed by atoms with E-state index in [1.165, 1.54) is 13.8 Å². The van der Waals surface area contributed by atoms with Gasteiger partial charge in [0.1, 0.15) is 17.7 Å². The Kier molecular flexibility index (Phi) is 4.20. The zero-order valence-corrected chi connectivity index (χ0v) is 8.69. The maximum Gasteiger partial charge on any atom is 0.328 e. The number of nitrogens with two attached hydrogens (primary N) is 2. The van der Waals surface area contributed by atoms with Crippen molar-refractivity contribution in [2.24, 2.45) is 11.5 Å². The predicted molar refractivity (Wildman–Crippen MR) is 50.9 cm³/mol. The number of carboxylic acid groups (broad SMARTS) is 1. The zero-order valence-electron chi connectivity index (χ0n) is 8.69. The molecule has 0 heterocycles. The van der Waals surface area contributed by atoms with Crippen LogP contribution in [-0.4, -0.2) is 46.4 Å². The Hall–Kier alpha value is -1.18. The summed E-state index contributed by atoms with van der Waals surface area (Å²) >= 11 is 0. The minimum Gasteiger partial charge on any atom is -0.480 e. The van der Waals surface area contributed by atoms with Crippen LogP contribution in [0.1, 0.15) is 13.8 Å². The van der Waals surface area contributed by atoms with Crippen molar-refractivity contribution >= 4 is 11.9 Å². The first kappa shape index (κ1) is 13.8. The molecule has 7 nitrogen and oxygen atoms in total. The Morgan fingerprint density at radius 2 is 1.73 bits per heavy atom. The molecule has 0 aromatic carbocycles. The summed E-state index contributed by atoms with van der Waals surface area (Å²) < 4.78 is 4.59. The number of aliphatic carboxylic acids is 1. The van der Waals surface area contributed by atoms with Gasteiger partial charge < -0.3 is 26.4 Å². The summed E-state index contributed by atoms with van der Waals surface area (Å²) in [7, 11) is 0. The summed E-state index contributed by atoms with van der Waals surface area (Å²) in [6.45, 7) is 1.37. The lowest BCUT2D eigenvalue weighted by Crippen LogP contribution is -2.54. The van der Waals surface area contributed by atoms with Gasteiger partial charge in [-0.3, -0.25) is 4.79 Å². The number of carbonyl (C=O) groups is 2. The van der Waals surface area contributed by atoms with Gasteiger partial charge >= 0.3 is 11.9 Å². The van der Waals surface area contributed by atoms with Gasteiger partial charge in [0.15, 0.2) is 0 Å². The monoisotopic (exact) mass is 220 g/mol. The molecule has 0 aliphatic heterocycles. The number of esters is 1. The van der Waals surface area contributed by atoms with Crippen molar-refractivity contribution in [3.63, 3.8) is 0 Å². The van der Waals surface area contributed by atoms with E-state index >= 15 is 0 Å². The summed E-state index contributed by atoms with van der Waals surface area (Å²) in [5.74, 6) is -2.19. The molecule has 0 radical (unpaired) electrons. The van der Waals surface area contributed by atoms with Crippen molar-refractivity contribution < 1.29 is 24.5 Å². The number of aliphatic hydroxyl groups excluding tert-OH is 1. The maximum atomic E-state index is 11.2. The van der Waals surface area contributed by atoms with E-state index in [0.29, 0.717) is 0 Å². The first-order valence-electron chi connectivity index (χ1n) is 4.23. The molecule has 0 amide bonds. The van der Waals surface area contributed by atoms with E-state index in [2.05, 4.69) is 4.74 Å². The molecular formula is C8H16N2O5. The van der Waals surface area contributed by atoms with Gasteiger partial charge in [-0.15, -0.1) is 0 Å². The van der Waals surface area contributed by atoms with E-state index in [1.54, 1.807) is 0 Å². The summed E-state index contributed by atoms with van der Waals surface area (Å²) in [6, 6.07) is 0. The van der Waals surface area contributed by atoms with E-state index in [0.717, 1.165) is 0 Å². The molecule has 0 bridgehead atoms. The molecule has 0 aliphatic rings. The lowest BCUT2D eigenvalue weighted by atomic mass is 10.0. The Bertz CT molecular complexity index is 262. The highest BCUT2D eigenvalue weighted by atomic mass is 16.5. The first-order valence-corrected chi connectivity index (χ1v) is 4.23. The number of hydrogen-bond donors (Lipinski definition) is 4. The molecule has 88 valence electrons. The summed E-state index contributed by atoms with van der Waals surface area (Å²) in [5, 5.41) is 17.3. The Morgan fingerprint density at radius 3 is 2.07 bits per heavy atom. The highest BCUT2D eigenvalue weighted by Crippen LogP contribution is 2.05. The Morgan fingerprint density at radius 1 is 1.27 bits per heavy atom. The summed E-state index contributed by atoms with van der Waals surface area (Å²) in [5.41, 5.74) is 7.45. The predicted octanol–water partition coefficient (Wildman–Crippen LogP) is -1.96. The highest BCUT2D eigenvalue weighted by Gasteiger charge is 2.34. The van der Waals surface area contributed by atoms with E-state index in [-0.39, 0.29) is 0 Å². The largest absolute Gasteiger partial charge is 0.480 e. The molecule has 0 rings (SSSR count). The molecule has 0 unspecified atom stereocenters. The minimum absolute atomic E-state index is 0.506. The van der Waals surface area contributed by atoms with Gasteiger partial charge in [-0.2, -0.15) is 0 Å². The standard InChI is InChI=1S/C8H16N2O5/c1-7(9,3-11)6(14)15-4-8(2,10)5(12)13/h11H,3-4,9-10H2,1-2H3,(H,12,13)/t7-,8-/m0/s1. The van der Waals surface area contributed by atoms with Gasteiger partial charge in [0.05, 0.1) is 6.61 Å². The fourth-order valence-corrected chi connectivity index (χ4v) is 0.507. The van der Waals surface area contributed by atoms with Crippen LogP contribution in [0.2, 0.25) is 0 Å². The fraction of sp³-hybridized carbons (Fsp3) is 0.750. The molecule has 0 saturated heterocycles. The van der Waals surface area contributed by atoms with E-state index in [4.69, 9.17) is 21.7 Å². The van der Waals surface area contributed by atoms with Gasteiger partial charge in [0, 0.05) is 0 Å². The fourth-order valence-electron chi connectivity index (χ4n) is 0.507. The number of aliphatic hydroxyl groups is 1. The third-order valence-corrected chi connectivity index (χ3v) is 1.79. The summed E-state index contributed by atoms with van der Waals surface area (Å²) in [6.07, 6.45) is 0. The second kappa shape index (κ2) is 4.56. The van der Waals surface area contributed by atoms with Crippen molar-refractivity contribution in [2.75, 3.05) is 13.2 Å². The van der Waals surface area contributed by atoms with Crippen molar-refractivity contribution in [1.29, 1.82) is 0 Å². The maximum absolute atomic E-state index is 11.2. The molecule has 0 saturated carbocycles. The minimum atomic E-state index is -1.67. The number of carboxylic acids is 1. The van der Waals surface area contributed by atoms with Crippen LogP contribution >= 0.6 is 0 Å². The Balaban J connectivity index is 4.30. The van der Waals surface area contributed by atoms with E-state index in [1.807, 2.05) is 0 Å². The van der Waals surface area contributed by atoms with Gasteiger partial charge in [0.2, 0.25) is 0 Å². The average molecular weight is 220 g/mol. The third kappa shape index (κ3) is 3.82. The molecule has 0 aromatic heterocycles. The van der Waals surface area contributed by atoms with Crippen molar-refractivity contribution in [3.05, 3.63) is 0 Å². The summed E-state index contributed by atoms with van der Waals surface area (Å²) in [4.78, 5) is 21.8. The molecule has 0 aliphatic carbocycles. The molecule has 6 N–H and O–H groups in total. The van der Waals surface area contributed by atoms with Crippen molar-refractivity contribution in [1.82, 2.24) is 0 Å². The van der Waals surface area contributed by atoms with Gasteiger partial charge in [-0.25, -0.2) is 4.79 Å². The normalized spacial score (nSPS) is 18.7. The van der Waals surface area contributed by atoms with Crippen LogP contribution in [-0.2, 0) is 14.3 Å². The molecular weight excluding hydrogens is 204 g/mol. The zero-order chi connectivity index (χ0) is 12.3. The van der Waals surface area contributed by atoms with Crippen LogP contribution in [0.4, 0.5) is 0 Å². The topological polar surface area (TPSA) is 136 Å². The van der Waals surface area contributed by atoms with Crippen LogP contribution < -0.4 is 11.5 Å². The molecule has 7 heteroatoms. The van der Waals surface area contributed by atoms with Gasteiger partial charge in [-0.1, -0.05) is 0 Å². The number of carbonyl (C=O) groups excluding carboxylic acids is 1. The quantitative estimate of drug-likeness (QED) is 0.395. The second-order valence-electron chi connectivity index (χ2n) is 3.87. The van der Waals surface area contributed by atoms with Crippen LogP contribution in [0.15, 0.2) is 0 Å². The smallest absolute Gasteiger partial charge is 0.328 e. The second-order valence-corrected chi connectivity index (χ2v) is 3.87. The van der Waals surface area contributed by atoms with Crippen LogP contribution in [0.25, 0.3) is 0 Å². The average Bonchev–Trinajstić information content (AvgIpc) is 2.13. The lowest BCUT2D eigenvalue weighted by Gasteiger charge is -2.23. The van der Waals surface area contributed by atoms with E-state index < -0.39 is 36.2 Å². The number of hydrogen-bond acceptors (Lipinski definition) is 6. The van der Waals surface area contributed by atoms with Gasteiger partial charge in [-0.05, 0) is 13.8 Å². The lowest BCUT2D eigenvalue weighted by molar-refractivity contribution is -0.156. The van der Waals surface area contributed by atoms with Crippen LogP contribution in [0.5, 0.6) is 0 Å². The number of rotatable bonds is 5. The van der Waals surface area contributed by atoms with Crippen molar-refractivity contribution in [3.8, 4) is 0 Å².